The summed E-state index contributed by atoms with van der Waals surface area (Å²) in [5.74, 6) is -2.04. The maximum Gasteiger partial charge on any atom is 0.320 e. The molecule has 1 aromatic heterocycles. The van der Waals surface area contributed by atoms with Crippen molar-refractivity contribution in [2.75, 3.05) is 38.7 Å². The van der Waals surface area contributed by atoms with Crippen molar-refractivity contribution in [2.24, 2.45) is 0 Å². The van der Waals surface area contributed by atoms with Gasteiger partial charge in [-0.05, 0) is 17.7 Å². The average molecular weight is 489 g/mol. The van der Waals surface area contributed by atoms with Gasteiger partial charge in [-0.2, -0.15) is 0 Å². The van der Waals surface area contributed by atoms with E-state index in [9.17, 15) is 18.7 Å². The first-order valence-corrected chi connectivity index (χ1v) is 11.7. The quantitative estimate of drug-likeness (QED) is 0.449. The highest BCUT2D eigenvalue weighted by atomic mass is 32.1. The summed E-state index contributed by atoms with van der Waals surface area (Å²) in [6.07, 6.45) is 0. The maximum atomic E-state index is 13.9. The lowest BCUT2D eigenvalue weighted by Gasteiger charge is -2.20. The van der Waals surface area contributed by atoms with Crippen LogP contribution in [-0.4, -0.2) is 60.4 Å². The Labute approximate surface area is 200 Å². The fourth-order valence-electron chi connectivity index (χ4n) is 4.13. The topological polar surface area (TPSA) is 86.7 Å². The van der Waals surface area contributed by atoms with E-state index in [1.54, 1.807) is 13.2 Å². The number of ether oxygens (including phenoxy) is 1. The number of carbonyl (C=O) groups is 1. The van der Waals surface area contributed by atoms with Gasteiger partial charge in [0.25, 0.3) is 0 Å². The van der Waals surface area contributed by atoms with E-state index in [1.807, 2.05) is 30.3 Å². The molecule has 0 aliphatic carbocycles. The van der Waals surface area contributed by atoms with Crippen molar-refractivity contribution in [3.63, 3.8) is 0 Å². The molecule has 3 aromatic rings. The largest absolute Gasteiger partial charge is 0.389 e. The van der Waals surface area contributed by atoms with E-state index < -0.39 is 17.7 Å². The van der Waals surface area contributed by atoms with Crippen LogP contribution in [0.25, 0.3) is 11.3 Å². The highest BCUT2D eigenvalue weighted by Crippen LogP contribution is 2.34. The Balaban J connectivity index is 1.52. The summed E-state index contributed by atoms with van der Waals surface area (Å²) in [5.41, 5.74) is 2.02. The Bertz CT molecular complexity index is 1130. The molecule has 2 atom stereocenters. The smallest absolute Gasteiger partial charge is 0.320 e. The lowest BCUT2D eigenvalue weighted by atomic mass is 9.94. The first kappa shape index (κ1) is 24.2. The van der Waals surface area contributed by atoms with Gasteiger partial charge in [-0.25, -0.2) is 18.6 Å². The van der Waals surface area contributed by atoms with Gasteiger partial charge in [0.05, 0.1) is 19.3 Å². The van der Waals surface area contributed by atoms with Gasteiger partial charge in [-0.15, -0.1) is 0 Å². The monoisotopic (exact) mass is 488 g/mol. The Morgan fingerprint density at radius 1 is 1.21 bits per heavy atom. The van der Waals surface area contributed by atoms with Crippen molar-refractivity contribution >= 4 is 22.4 Å². The minimum absolute atomic E-state index is 0.222. The summed E-state index contributed by atoms with van der Waals surface area (Å²) in [6, 6.07) is 12.5. The number of carbonyl (C=O) groups excluding carboxylic acids is 1. The molecule has 2 amide bonds. The third kappa shape index (κ3) is 5.58. The lowest BCUT2D eigenvalue weighted by Crippen LogP contribution is -2.42. The molecule has 180 valence electrons. The first-order chi connectivity index (χ1) is 16.5. The summed E-state index contributed by atoms with van der Waals surface area (Å²) in [6.45, 7) is 2.06. The number of nitrogens with one attached hydrogen (secondary N) is 2. The number of hydrogen-bond donors (Lipinski definition) is 3. The number of amides is 2. The number of nitrogens with zero attached hydrogens (tertiary/aromatic N) is 2. The van der Waals surface area contributed by atoms with Crippen LogP contribution in [0.1, 0.15) is 16.5 Å². The normalized spacial score (nSPS) is 18.2. The first-order valence-electron chi connectivity index (χ1n) is 10.9. The molecule has 1 fully saturated rings. The van der Waals surface area contributed by atoms with Crippen LogP contribution in [0.5, 0.6) is 0 Å². The van der Waals surface area contributed by atoms with E-state index in [1.165, 1.54) is 17.4 Å². The molecular formula is C24H26F2N4O3S. The minimum Gasteiger partial charge on any atom is -0.389 e. The molecule has 1 saturated heterocycles. The van der Waals surface area contributed by atoms with Crippen molar-refractivity contribution in [1.82, 2.24) is 15.2 Å². The van der Waals surface area contributed by atoms with Crippen LogP contribution < -0.4 is 10.6 Å². The summed E-state index contributed by atoms with van der Waals surface area (Å²) < 4.78 is 32.6. The van der Waals surface area contributed by atoms with Crippen molar-refractivity contribution < 1.29 is 23.4 Å². The second-order valence-corrected chi connectivity index (χ2v) is 9.13. The zero-order valence-corrected chi connectivity index (χ0v) is 19.4. The molecule has 0 radical (unpaired) electrons. The fourth-order valence-corrected chi connectivity index (χ4v) is 4.97. The number of halogens is 2. The van der Waals surface area contributed by atoms with E-state index in [2.05, 4.69) is 20.5 Å². The molecule has 0 spiro atoms. The number of aliphatic hydroxyl groups is 1. The van der Waals surface area contributed by atoms with Crippen LogP contribution in [0, 0.1) is 11.6 Å². The summed E-state index contributed by atoms with van der Waals surface area (Å²) >= 11 is 1.20. The number of aliphatic hydroxyl groups excluding tert-OH is 1. The Morgan fingerprint density at radius 3 is 2.71 bits per heavy atom. The third-order valence-corrected chi connectivity index (χ3v) is 6.73. The highest BCUT2D eigenvalue weighted by molar-refractivity contribution is 7.16. The van der Waals surface area contributed by atoms with Gasteiger partial charge in [-0.3, -0.25) is 10.2 Å². The van der Waals surface area contributed by atoms with E-state index in [-0.39, 0.29) is 18.6 Å². The van der Waals surface area contributed by atoms with E-state index >= 15 is 0 Å². The van der Waals surface area contributed by atoms with Gasteiger partial charge in [0.15, 0.2) is 11.6 Å². The van der Waals surface area contributed by atoms with Crippen LogP contribution in [0.2, 0.25) is 0 Å². The van der Waals surface area contributed by atoms with E-state index in [0.717, 1.165) is 11.6 Å². The zero-order valence-electron chi connectivity index (χ0n) is 18.6. The molecule has 10 heteroatoms. The molecule has 34 heavy (non-hydrogen) atoms. The van der Waals surface area contributed by atoms with E-state index in [0.29, 0.717) is 47.5 Å². The van der Waals surface area contributed by atoms with Gasteiger partial charge in [0, 0.05) is 38.2 Å². The lowest BCUT2D eigenvalue weighted by molar-refractivity contribution is 0.159. The Hall–Kier alpha value is -2.92. The Kier molecular flexibility index (Phi) is 7.84. The van der Waals surface area contributed by atoms with Gasteiger partial charge in [0.1, 0.15) is 15.7 Å². The summed E-state index contributed by atoms with van der Waals surface area (Å²) in [7, 11) is 1.62. The number of thiazole rings is 1. The van der Waals surface area contributed by atoms with Gasteiger partial charge in [0.2, 0.25) is 0 Å². The van der Waals surface area contributed by atoms with Crippen LogP contribution in [-0.2, 0) is 11.3 Å². The van der Waals surface area contributed by atoms with Crippen LogP contribution in [0.3, 0.4) is 0 Å². The van der Waals surface area contributed by atoms with Gasteiger partial charge < -0.3 is 15.2 Å². The van der Waals surface area contributed by atoms with Crippen molar-refractivity contribution in [3.05, 3.63) is 70.7 Å². The van der Waals surface area contributed by atoms with Crippen LogP contribution in [0.15, 0.2) is 48.5 Å². The number of methoxy groups -OCH3 is 1. The third-order valence-electron chi connectivity index (χ3n) is 5.78. The SMILES string of the molecule is COCCN1C[C@@H](NC(=O)Nc2sc(CO)nc2-c2ccccc2)[C@H](c2ccc(F)c(F)c2)C1. The number of anilines is 1. The predicted octanol–water partition coefficient (Wildman–Crippen LogP) is 3.82. The molecule has 0 saturated carbocycles. The van der Waals surface area contributed by atoms with Crippen molar-refractivity contribution in [1.29, 1.82) is 0 Å². The number of urea groups is 1. The summed E-state index contributed by atoms with van der Waals surface area (Å²) in [4.78, 5) is 19.5. The predicted molar refractivity (Wildman–Crippen MR) is 127 cm³/mol. The molecule has 1 aliphatic rings. The molecule has 2 aromatic carbocycles. The second-order valence-electron chi connectivity index (χ2n) is 8.05. The Morgan fingerprint density at radius 2 is 2.00 bits per heavy atom. The van der Waals surface area contributed by atoms with Crippen LogP contribution >= 0.6 is 11.3 Å². The van der Waals surface area contributed by atoms with Crippen molar-refractivity contribution in [3.8, 4) is 11.3 Å². The zero-order chi connectivity index (χ0) is 24.1. The molecule has 1 aliphatic heterocycles. The molecular weight excluding hydrogens is 462 g/mol. The number of rotatable bonds is 8. The molecule has 2 heterocycles. The van der Waals surface area contributed by atoms with Crippen molar-refractivity contribution in [2.45, 2.75) is 18.6 Å². The molecule has 0 bridgehead atoms. The van der Waals surface area contributed by atoms with Crippen LogP contribution in [0.4, 0.5) is 18.6 Å². The molecule has 0 unspecified atom stereocenters. The molecule has 7 nitrogen and oxygen atoms in total. The second kappa shape index (κ2) is 11.0. The summed E-state index contributed by atoms with van der Waals surface area (Å²) in [5, 5.41) is 16.4. The molecule has 3 N–H and O–H groups in total. The average Bonchev–Trinajstić information content (AvgIpc) is 3.43. The maximum absolute atomic E-state index is 13.9. The number of aromatic nitrogens is 1. The van der Waals surface area contributed by atoms with Gasteiger partial charge >= 0.3 is 6.03 Å². The minimum atomic E-state index is -0.912. The van der Waals surface area contributed by atoms with Gasteiger partial charge in [-0.1, -0.05) is 47.7 Å². The number of benzene rings is 2. The number of likely N-dealkylation sites (tertiary alicyclic amines) is 1. The molecule has 4 rings (SSSR count). The standard InChI is InChI=1S/C24H26F2N4O3S/c1-33-10-9-30-12-17(16-7-8-18(25)19(26)11-16)20(13-30)27-24(32)29-23-22(28-21(14-31)34-23)15-5-3-2-4-6-15/h2-8,11,17,20,31H,9-10,12-14H2,1H3,(H2,27,29,32)/t17-,20+/m0/s1. The van der Waals surface area contributed by atoms with E-state index in [4.69, 9.17) is 4.74 Å². The highest BCUT2D eigenvalue weighted by Gasteiger charge is 2.35. The number of hydrogen-bond acceptors (Lipinski definition) is 6. The fraction of sp³-hybridized carbons (Fsp3) is 0.333.